The fourth-order valence-corrected chi connectivity index (χ4v) is 3.62. The zero-order valence-corrected chi connectivity index (χ0v) is 13.6. The first-order chi connectivity index (χ1) is 10.6. The van der Waals surface area contributed by atoms with Gasteiger partial charge < -0.3 is 14.4 Å². The first kappa shape index (κ1) is 14.8. The summed E-state index contributed by atoms with van der Waals surface area (Å²) in [5.74, 6) is -0.0205. The molecule has 22 heavy (non-hydrogen) atoms. The Morgan fingerprint density at radius 2 is 1.73 bits per heavy atom. The number of amides is 1. The number of para-hydroxylation sites is 1. The lowest BCUT2D eigenvalue weighted by Gasteiger charge is -2.36. The Morgan fingerprint density at radius 3 is 2.27 bits per heavy atom. The summed E-state index contributed by atoms with van der Waals surface area (Å²) in [5.41, 5.74) is 1.95. The zero-order valence-electron chi connectivity index (χ0n) is 12.8. The van der Waals surface area contributed by atoms with Crippen LogP contribution in [0.15, 0.2) is 35.1 Å². The van der Waals surface area contributed by atoms with Crippen molar-refractivity contribution < 1.29 is 4.79 Å². The largest absolute Gasteiger partial charge is 0.368 e. The second-order valence-corrected chi connectivity index (χ2v) is 6.42. The number of rotatable bonds is 2. The first-order valence-corrected chi connectivity index (χ1v) is 8.15. The van der Waals surface area contributed by atoms with Crippen molar-refractivity contribution in [2.45, 2.75) is 6.92 Å². The summed E-state index contributed by atoms with van der Waals surface area (Å²) in [5, 5.41) is 0. The zero-order chi connectivity index (χ0) is 15.7. The molecule has 1 fully saturated rings. The van der Waals surface area contributed by atoms with Crippen LogP contribution < -0.4 is 9.77 Å². The van der Waals surface area contributed by atoms with Gasteiger partial charge in [0.15, 0.2) is 0 Å². The lowest BCUT2D eigenvalue weighted by Crippen LogP contribution is -2.48. The number of benzene rings is 1. The number of nitrogens with zero attached hydrogens (tertiary/aromatic N) is 3. The fourth-order valence-electron chi connectivity index (χ4n) is 2.67. The maximum atomic E-state index is 12.6. The van der Waals surface area contributed by atoms with Gasteiger partial charge in [-0.2, -0.15) is 0 Å². The summed E-state index contributed by atoms with van der Waals surface area (Å²) < 4.78 is 1.54. The average molecular weight is 317 g/mol. The molecule has 1 aromatic carbocycles. The third kappa shape index (κ3) is 2.66. The molecule has 0 bridgehead atoms. The third-order valence-corrected chi connectivity index (χ3v) is 5.30. The van der Waals surface area contributed by atoms with Crippen molar-refractivity contribution in [2.75, 3.05) is 31.1 Å². The Balaban J connectivity index is 1.70. The number of hydrogen-bond acceptors (Lipinski definition) is 4. The van der Waals surface area contributed by atoms with Crippen LogP contribution in [-0.2, 0) is 7.05 Å². The molecule has 1 amide bonds. The lowest BCUT2D eigenvalue weighted by molar-refractivity contribution is 0.0750. The second-order valence-electron chi connectivity index (χ2n) is 5.46. The van der Waals surface area contributed by atoms with E-state index in [2.05, 4.69) is 17.0 Å². The van der Waals surface area contributed by atoms with Crippen LogP contribution in [-0.4, -0.2) is 41.6 Å². The van der Waals surface area contributed by atoms with Gasteiger partial charge in [0.2, 0.25) is 0 Å². The van der Waals surface area contributed by atoms with Crippen molar-refractivity contribution in [3.8, 4) is 0 Å². The van der Waals surface area contributed by atoms with Crippen LogP contribution in [0.3, 0.4) is 0 Å². The van der Waals surface area contributed by atoms with Crippen LogP contribution >= 0.6 is 11.3 Å². The van der Waals surface area contributed by atoms with Gasteiger partial charge in [-0.05, 0) is 19.1 Å². The lowest BCUT2D eigenvalue weighted by atomic mass is 10.2. The molecule has 0 aliphatic carbocycles. The summed E-state index contributed by atoms with van der Waals surface area (Å²) >= 11 is 1.04. The van der Waals surface area contributed by atoms with Gasteiger partial charge in [-0.25, -0.2) is 0 Å². The average Bonchev–Trinajstić information content (AvgIpc) is 2.83. The molecule has 1 saturated heterocycles. The number of thiazole rings is 1. The predicted molar refractivity (Wildman–Crippen MR) is 88.9 cm³/mol. The number of carbonyl (C=O) groups excluding carboxylic acids is 1. The normalized spacial score (nSPS) is 15.2. The molecular weight excluding hydrogens is 298 g/mol. The van der Waals surface area contributed by atoms with E-state index >= 15 is 0 Å². The van der Waals surface area contributed by atoms with Crippen LogP contribution in [0, 0.1) is 6.92 Å². The molecule has 5 nitrogen and oxygen atoms in total. The monoisotopic (exact) mass is 317 g/mol. The Kier molecular flexibility index (Phi) is 4.02. The van der Waals surface area contributed by atoms with E-state index in [-0.39, 0.29) is 10.8 Å². The molecule has 1 aliphatic rings. The molecule has 1 aromatic heterocycles. The van der Waals surface area contributed by atoms with E-state index in [4.69, 9.17) is 0 Å². The molecule has 2 heterocycles. The van der Waals surface area contributed by atoms with Gasteiger partial charge >= 0.3 is 4.87 Å². The summed E-state index contributed by atoms with van der Waals surface area (Å²) in [6.07, 6.45) is 0. The number of anilines is 1. The van der Waals surface area contributed by atoms with E-state index in [1.54, 1.807) is 7.05 Å². The first-order valence-electron chi connectivity index (χ1n) is 7.33. The quantitative estimate of drug-likeness (QED) is 0.847. The molecule has 0 atom stereocenters. The van der Waals surface area contributed by atoms with E-state index in [1.165, 1.54) is 10.3 Å². The molecule has 0 unspecified atom stereocenters. The fraction of sp³-hybridized carbons (Fsp3) is 0.375. The van der Waals surface area contributed by atoms with E-state index < -0.39 is 0 Å². The molecule has 3 rings (SSSR count). The topological polar surface area (TPSA) is 45.6 Å². The minimum atomic E-state index is -0.0798. The highest BCUT2D eigenvalue weighted by atomic mass is 32.1. The number of hydrogen-bond donors (Lipinski definition) is 0. The van der Waals surface area contributed by atoms with Gasteiger partial charge in [-0.15, -0.1) is 0 Å². The van der Waals surface area contributed by atoms with Crippen molar-refractivity contribution in [3.63, 3.8) is 0 Å². The Morgan fingerprint density at radius 1 is 1.09 bits per heavy atom. The molecule has 0 N–H and O–H groups in total. The van der Waals surface area contributed by atoms with Gasteiger partial charge in [0.25, 0.3) is 5.91 Å². The second kappa shape index (κ2) is 5.96. The SMILES string of the molecule is Cc1c(C(=O)N2CCN(c3ccccc3)CC2)sc(=O)n1C. The highest BCUT2D eigenvalue weighted by molar-refractivity contribution is 7.11. The van der Waals surface area contributed by atoms with Gasteiger partial charge in [0.1, 0.15) is 4.88 Å². The Hall–Kier alpha value is -2.08. The molecule has 116 valence electrons. The summed E-state index contributed by atoms with van der Waals surface area (Å²) in [6, 6.07) is 10.2. The van der Waals surface area contributed by atoms with Crippen LogP contribution in [0.5, 0.6) is 0 Å². The minimum absolute atomic E-state index is 0.0205. The van der Waals surface area contributed by atoms with Crippen LogP contribution in [0.1, 0.15) is 15.4 Å². The molecule has 0 radical (unpaired) electrons. The molecule has 1 aliphatic heterocycles. The number of piperazine rings is 1. The van der Waals surface area contributed by atoms with E-state index in [9.17, 15) is 9.59 Å². The Labute approximate surface area is 133 Å². The van der Waals surface area contributed by atoms with Crippen LogP contribution in [0.25, 0.3) is 0 Å². The molecule has 2 aromatic rings. The molecule has 6 heteroatoms. The van der Waals surface area contributed by atoms with Crippen molar-refractivity contribution in [1.29, 1.82) is 0 Å². The summed E-state index contributed by atoms with van der Waals surface area (Å²) in [4.78, 5) is 28.9. The van der Waals surface area contributed by atoms with Crippen molar-refractivity contribution in [1.82, 2.24) is 9.47 Å². The Bertz CT molecular complexity index is 728. The van der Waals surface area contributed by atoms with Gasteiger partial charge in [-0.1, -0.05) is 29.5 Å². The smallest absolute Gasteiger partial charge is 0.307 e. The molecular formula is C16H19N3O2S. The van der Waals surface area contributed by atoms with Crippen LogP contribution in [0.4, 0.5) is 5.69 Å². The van der Waals surface area contributed by atoms with Gasteiger partial charge in [-0.3, -0.25) is 9.59 Å². The maximum Gasteiger partial charge on any atom is 0.307 e. The maximum absolute atomic E-state index is 12.6. The van der Waals surface area contributed by atoms with Gasteiger partial charge in [0.05, 0.1) is 0 Å². The minimum Gasteiger partial charge on any atom is -0.368 e. The van der Waals surface area contributed by atoms with Crippen molar-refractivity contribution in [2.24, 2.45) is 7.05 Å². The van der Waals surface area contributed by atoms with Crippen LogP contribution in [0.2, 0.25) is 0 Å². The van der Waals surface area contributed by atoms with Gasteiger partial charge in [0, 0.05) is 44.6 Å². The highest BCUT2D eigenvalue weighted by Crippen LogP contribution is 2.18. The van der Waals surface area contributed by atoms with E-state index in [0.29, 0.717) is 18.0 Å². The van der Waals surface area contributed by atoms with Crippen molar-refractivity contribution >= 4 is 22.9 Å². The van der Waals surface area contributed by atoms with Crippen molar-refractivity contribution in [3.05, 3.63) is 50.6 Å². The summed E-state index contributed by atoms with van der Waals surface area (Å²) in [7, 11) is 1.71. The number of carbonyl (C=O) groups is 1. The third-order valence-electron chi connectivity index (χ3n) is 4.18. The number of aromatic nitrogens is 1. The highest BCUT2D eigenvalue weighted by Gasteiger charge is 2.25. The summed E-state index contributed by atoms with van der Waals surface area (Å²) in [6.45, 7) is 4.82. The predicted octanol–water partition coefficient (Wildman–Crippen LogP) is 1.72. The van der Waals surface area contributed by atoms with E-state index in [1.807, 2.05) is 30.0 Å². The molecule has 0 spiro atoms. The van der Waals surface area contributed by atoms with E-state index in [0.717, 1.165) is 30.1 Å². The molecule has 0 saturated carbocycles. The standard InChI is InChI=1S/C16H19N3O2S/c1-12-14(22-16(21)17(12)2)15(20)19-10-8-18(9-11-19)13-6-4-3-5-7-13/h3-7H,8-11H2,1-2H3.